The molecule has 3 heteroatoms. The van der Waals surface area contributed by atoms with Crippen molar-refractivity contribution in [2.45, 2.75) is 27.2 Å². The summed E-state index contributed by atoms with van der Waals surface area (Å²) in [6.07, 6.45) is 0.751. The van der Waals surface area contributed by atoms with E-state index in [0.29, 0.717) is 0 Å². The lowest BCUT2D eigenvalue weighted by atomic mass is 9.84. The molecule has 56 valence electrons. The van der Waals surface area contributed by atoms with E-state index in [9.17, 15) is 4.79 Å². The average molecular weight is 141 g/mol. The second kappa shape index (κ2) is 2.08. The molecule has 0 N–H and O–H groups in total. The first-order chi connectivity index (χ1) is 4.61. The molecule has 0 aromatic carbocycles. The third-order valence-electron chi connectivity index (χ3n) is 2.22. The monoisotopic (exact) mass is 141 g/mol. The molecule has 1 heterocycles. The minimum Gasteiger partial charge on any atom is -0.317 e. The van der Waals surface area contributed by atoms with Crippen LogP contribution in [0.5, 0.6) is 0 Å². The van der Waals surface area contributed by atoms with Gasteiger partial charge in [-0.2, -0.15) is 0 Å². The molecule has 0 amide bonds. The molecule has 0 fully saturated rings. The normalized spacial score (nSPS) is 31.9. The largest absolute Gasteiger partial charge is 0.346 e. The van der Waals surface area contributed by atoms with Gasteiger partial charge in [-0.1, -0.05) is 12.1 Å². The van der Waals surface area contributed by atoms with Gasteiger partial charge in [0.2, 0.25) is 0 Å². The molecule has 1 unspecified atom stereocenters. The van der Waals surface area contributed by atoms with E-state index in [4.69, 9.17) is 0 Å². The van der Waals surface area contributed by atoms with Crippen molar-refractivity contribution in [1.82, 2.24) is 0 Å². The van der Waals surface area contributed by atoms with Crippen LogP contribution in [0.4, 0.5) is 0 Å². The number of carbonyl (C=O) groups is 1. The van der Waals surface area contributed by atoms with Crippen LogP contribution in [-0.2, 0) is 9.63 Å². The van der Waals surface area contributed by atoms with Crippen LogP contribution >= 0.6 is 0 Å². The highest BCUT2D eigenvalue weighted by Crippen LogP contribution is 2.29. The van der Waals surface area contributed by atoms with Gasteiger partial charge in [0.25, 0.3) is 0 Å². The lowest BCUT2D eigenvalue weighted by Crippen LogP contribution is -2.29. The third kappa shape index (κ3) is 0.735. The van der Waals surface area contributed by atoms with Gasteiger partial charge < -0.3 is 4.84 Å². The standard InChI is InChI=1S/C7H11NO2/c1-4-7(3)5(2)8-10-6(7)9/h4H2,1-3H3. The van der Waals surface area contributed by atoms with Gasteiger partial charge in [-0.05, 0) is 20.3 Å². The van der Waals surface area contributed by atoms with Crippen molar-refractivity contribution < 1.29 is 9.63 Å². The summed E-state index contributed by atoms with van der Waals surface area (Å²) < 4.78 is 0. The molecule has 0 radical (unpaired) electrons. The molecule has 0 aromatic rings. The summed E-state index contributed by atoms with van der Waals surface area (Å²) in [5, 5.41) is 3.61. The second-order valence-corrected chi connectivity index (χ2v) is 2.74. The molecule has 0 spiro atoms. The Labute approximate surface area is 60.0 Å². The third-order valence-corrected chi connectivity index (χ3v) is 2.22. The van der Waals surface area contributed by atoms with Crippen molar-refractivity contribution in [3.05, 3.63) is 0 Å². The van der Waals surface area contributed by atoms with Crippen LogP contribution in [0.15, 0.2) is 5.16 Å². The van der Waals surface area contributed by atoms with Gasteiger partial charge in [0.15, 0.2) is 0 Å². The molecule has 0 saturated heterocycles. The van der Waals surface area contributed by atoms with Crippen LogP contribution < -0.4 is 0 Å². The van der Waals surface area contributed by atoms with Crippen molar-refractivity contribution in [1.29, 1.82) is 0 Å². The zero-order valence-corrected chi connectivity index (χ0v) is 6.47. The van der Waals surface area contributed by atoms with Crippen molar-refractivity contribution >= 4 is 11.7 Å². The van der Waals surface area contributed by atoms with Crippen LogP contribution in [-0.4, -0.2) is 11.7 Å². The Morgan fingerprint density at radius 1 is 1.70 bits per heavy atom. The van der Waals surface area contributed by atoms with E-state index in [2.05, 4.69) is 9.99 Å². The summed E-state index contributed by atoms with van der Waals surface area (Å²) in [7, 11) is 0. The van der Waals surface area contributed by atoms with Crippen molar-refractivity contribution in [2.75, 3.05) is 0 Å². The van der Waals surface area contributed by atoms with Gasteiger partial charge in [0.1, 0.15) is 5.41 Å². The van der Waals surface area contributed by atoms with Gasteiger partial charge in [0, 0.05) is 0 Å². The van der Waals surface area contributed by atoms with Gasteiger partial charge in [-0.25, -0.2) is 4.79 Å². The van der Waals surface area contributed by atoms with Gasteiger partial charge >= 0.3 is 5.97 Å². The maximum atomic E-state index is 11.0. The summed E-state index contributed by atoms with van der Waals surface area (Å²) in [6, 6.07) is 0. The Hall–Kier alpha value is -0.860. The van der Waals surface area contributed by atoms with Crippen LogP contribution in [0.2, 0.25) is 0 Å². The fraction of sp³-hybridized carbons (Fsp3) is 0.714. The molecule has 0 aromatic heterocycles. The molecule has 3 nitrogen and oxygen atoms in total. The average Bonchev–Trinajstić information content (AvgIpc) is 2.18. The maximum absolute atomic E-state index is 11.0. The highest BCUT2D eigenvalue weighted by molar-refractivity contribution is 6.07. The molecule has 1 aliphatic rings. The number of carbonyl (C=O) groups excluding carboxylic acids is 1. The van der Waals surface area contributed by atoms with Crippen LogP contribution in [0, 0.1) is 5.41 Å². The summed E-state index contributed by atoms with van der Waals surface area (Å²) in [5.41, 5.74) is 0.319. The predicted molar refractivity (Wildman–Crippen MR) is 37.6 cm³/mol. The van der Waals surface area contributed by atoms with E-state index in [1.807, 2.05) is 20.8 Å². The van der Waals surface area contributed by atoms with Crippen molar-refractivity contribution in [3.8, 4) is 0 Å². The van der Waals surface area contributed by atoms with Crippen LogP contribution in [0.25, 0.3) is 0 Å². The highest BCUT2D eigenvalue weighted by atomic mass is 16.7. The van der Waals surface area contributed by atoms with Crippen molar-refractivity contribution in [3.63, 3.8) is 0 Å². The number of hydrogen-bond acceptors (Lipinski definition) is 3. The molecule has 0 saturated carbocycles. The fourth-order valence-corrected chi connectivity index (χ4v) is 0.859. The zero-order chi connectivity index (χ0) is 7.78. The Bertz CT molecular complexity index is 198. The first kappa shape index (κ1) is 7.25. The lowest BCUT2D eigenvalue weighted by molar-refractivity contribution is -0.147. The molecule has 0 bridgehead atoms. The molecular weight excluding hydrogens is 130 g/mol. The Balaban J connectivity index is 2.92. The highest BCUT2D eigenvalue weighted by Gasteiger charge is 2.41. The van der Waals surface area contributed by atoms with Gasteiger partial charge in [-0.15, -0.1) is 0 Å². The number of rotatable bonds is 1. The first-order valence-corrected chi connectivity index (χ1v) is 3.38. The minimum atomic E-state index is -0.458. The van der Waals surface area contributed by atoms with Crippen LogP contribution in [0.3, 0.4) is 0 Å². The summed E-state index contributed by atoms with van der Waals surface area (Å²) in [5.74, 6) is -0.229. The quantitative estimate of drug-likeness (QED) is 0.517. The molecule has 0 aliphatic carbocycles. The summed E-state index contributed by atoms with van der Waals surface area (Å²) >= 11 is 0. The molecule has 10 heavy (non-hydrogen) atoms. The van der Waals surface area contributed by atoms with E-state index in [1.165, 1.54) is 0 Å². The van der Waals surface area contributed by atoms with Crippen LogP contribution in [0.1, 0.15) is 27.2 Å². The predicted octanol–water partition coefficient (Wildman–Crippen LogP) is 1.34. The van der Waals surface area contributed by atoms with Gasteiger partial charge in [0.05, 0.1) is 5.71 Å². The zero-order valence-electron chi connectivity index (χ0n) is 6.47. The lowest BCUT2D eigenvalue weighted by Gasteiger charge is -2.15. The van der Waals surface area contributed by atoms with E-state index in [1.54, 1.807) is 0 Å². The number of hydrogen-bond donors (Lipinski definition) is 0. The Morgan fingerprint density at radius 3 is 2.50 bits per heavy atom. The van der Waals surface area contributed by atoms with Crippen molar-refractivity contribution in [2.24, 2.45) is 10.6 Å². The molecular formula is C7H11NO2. The molecule has 1 atom stereocenters. The number of nitrogens with zero attached hydrogens (tertiary/aromatic N) is 1. The topological polar surface area (TPSA) is 38.7 Å². The van der Waals surface area contributed by atoms with E-state index in [0.717, 1.165) is 12.1 Å². The Kier molecular flexibility index (Phi) is 1.50. The second-order valence-electron chi connectivity index (χ2n) is 2.74. The summed E-state index contributed by atoms with van der Waals surface area (Å²) in [4.78, 5) is 15.5. The van der Waals surface area contributed by atoms with E-state index < -0.39 is 5.41 Å². The number of oxime groups is 1. The smallest absolute Gasteiger partial charge is 0.317 e. The first-order valence-electron chi connectivity index (χ1n) is 3.38. The van der Waals surface area contributed by atoms with Gasteiger partial charge in [-0.3, -0.25) is 0 Å². The van der Waals surface area contributed by atoms with E-state index in [-0.39, 0.29) is 5.97 Å². The Morgan fingerprint density at radius 2 is 2.30 bits per heavy atom. The molecule has 1 rings (SSSR count). The minimum absolute atomic E-state index is 0.229. The maximum Gasteiger partial charge on any atom is 0.346 e. The van der Waals surface area contributed by atoms with E-state index >= 15 is 0 Å². The SMILES string of the molecule is CCC1(C)C(=O)ON=C1C. The molecule has 1 aliphatic heterocycles. The summed E-state index contributed by atoms with van der Waals surface area (Å²) in [6.45, 7) is 5.61. The fourth-order valence-electron chi connectivity index (χ4n) is 0.859.